The Morgan fingerprint density at radius 1 is 0.944 bits per heavy atom. The molecule has 1 fully saturated rings. The van der Waals surface area contributed by atoms with E-state index in [4.69, 9.17) is 4.74 Å². The van der Waals surface area contributed by atoms with Gasteiger partial charge in [-0.05, 0) is 38.8 Å². The first-order valence-electron chi connectivity index (χ1n) is 8.26. The van der Waals surface area contributed by atoms with Gasteiger partial charge in [0.15, 0.2) is 0 Å². The van der Waals surface area contributed by atoms with Crippen molar-refractivity contribution in [1.82, 2.24) is 5.32 Å². The Bertz CT molecular complexity index is 166. The van der Waals surface area contributed by atoms with Crippen LogP contribution in [-0.2, 0) is 4.74 Å². The standard InChI is InChI=1S/C16H33NO/c1-2-3-4-5-6-7-8-9-13-17-14-12-16-11-10-15-18-16/h16-17H,2-15H2,1H3. The second kappa shape index (κ2) is 12.0. The monoisotopic (exact) mass is 255 g/mol. The molecule has 2 nitrogen and oxygen atoms in total. The van der Waals surface area contributed by atoms with Crippen LogP contribution in [0.2, 0.25) is 0 Å². The molecule has 0 spiro atoms. The average Bonchev–Trinajstić information content (AvgIpc) is 2.89. The number of nitrogens with one attached hydrogen (secondary N) is 1. The zero-order chi connectivity index (χ0) is 12.9. The molecule has 2 heteroatoms. The lowest BCUT2D eigenvalue weighted by Crippen LogP contribution is -2.21. The van der Waals surface area contributed by atoms with Crippen molar-refractivity contribution >= 4 is 0 Å². The molecular weight excluding hydrogens is 222 g/mol. The highest BCUT2D eigenvalue weighted by molar-refractivity contribution is 4.65. The molecular formula is C16H33NO. The van der Waals surface area contributed by atoms with Crippen molar-refractivity contribution in [1.29, 1.82) is 0 Å². The summed E-state index contributed by atoms with van der Waals surface area (Å²) in [6, 6.07) is 0. The zero-order valence-electron chi connectivity index (χ0n) is 12.4. The fourth-order valence-electron chi connectivity index (χ4n) is 2.64. The van der Waals surface area contributed by atoms with Gasteiger partial charge in [0.2, 0.25) is 0 Å². The molecule has 1 saturated heterocycles. The van der Waals surface area contributed by atoms with Gasteiger partial charge in [-0.1, -0.05) is 51.9 Å². The van der Waals surface area contributed by atoms with Crippen LogP contribution < -0.4 is 5.32 Å². The normalized spacial score (nSPS) is 19.5. The minimum absolute atomic E-state index is 0.552. The Labute approximate surface area is 114 Å². The van der Waals surface area contributed by atoms with E-state index in [1.54, 1.807) is 0 Å². The summed E-state index contributed by atoms with van der Waals surface area (Å²) in [4.78, 5) is 0. The van der Waals surface area contributed by atoms with Crippen molar-refractivity contribution in [3.05, 3.63) is 0 Å². The van der Waals surface area contributed by atoms with E-state index >= 15 is 0 Å². The predicted octanol–water partition coefficient (Wildman–Crippen LogP) is 4.29. The maximum Gasteiger partial charge on any atom is 0.0588 e. The summed E-state index contributed by atoms with van der Waals surface area (Å²) in [5.41, 5.74) is 0. The molecule has 1 N–H and O–H groups in total. The second-order valence-electron chi connectivity index (χ2n) is 5.65. The third-order valence-electron chi connectivity index (χ3n) is 3.87. The third kappa shape index (κ3) is 8.93. The summed E-state index contributed by atoms with van der Waals surface area (Å²) in [7, 11) is 0. The molecule has 1 unspecified atom stereocenters. The summed E-state index contributed by atoms with van der Waals surface area (Å²) < 4.78 is 5.60. The van der Waals surface area contributed by atoms with Gasteiger partial charge >= 0.3 is 0 Å². The van der Waals surface area contributed by atoms with Gasteiger partial charge in [0, 0.05) is 6.61 Å². The highest BCUT2D eigenvalue weighted by Gasteiger charge is 2.13. The molecule has 0 saturated carbocycles. The highest BCUT2D eigenvalue weighted by atomic mass is 16.5. The van der Waals surface area contributed by atoms with Crippen LogP contribution in [0.25, 0.3) is 0 Å². The van der Waals surface area contributed by atoms with Gasteiger partial charge in [0.25, 0.3) is 0 Å². The van der Waals surface area contributed by atoms with E-state index in [9.17, 15) is 0 Å². The molecule has 0 aromatic rings. The van der Waals surface area contributed by atoms with E-state index in [1.165, 1.54) is 77.2 Å². The zero-order valence-corrected chi connectivity index (χ0v) is 12.4. The average molecular weight is 255 g/mol. The smallest absolute Gasteiger partial charge is 0.0588 e. The lowest BCUT2D eigenvalue weighted by Gasteiger charge is -2.09. The van der Waals surface area contributed by atoms with Gasteiger partial charge in [-0.3, -0.25) is 0 Å². The summed E-state index contributed by atoms with van der Waals surface area (Å²) in [5, 5.41) is 3.54. The summed E-state index contributed by atoms with van der Waals surface area (Å²) in [6.45, 7) is 5.60. The van der Waals surface area contributed by atoms with Gasteiger partial charge in [0.1, 0.15) is 0 Å². The van der Waals surface area contributed by atoms with Crippen LogP contribution in [0, 0.1) is 0 Å². The predicted molar refractivity (Wildman–Crippen MR) is 79.1 cm³/mol. The van der Waals surface area contributed by atoms with Gasteiger partial charge in [-0.2, -0.15) is 0 Å². The molecule has 0 aliphatic carbocycles. The van der Waals surface area contributed by atoms with Crippen molar-refractivity contribution in [3.63, 3.8) is 0 Å². The molecule has 0 radical (unpaired) electrons. The Kier molecular flexibility index (Phi) is 10.6. The molecule has 1 heterocycles. The molecule has 1 atom stereocenters. The number of hydrogen-bond acceptors (Lipinski definition) is 2. The van der Waals surface area contributed by atoms with Crippen LogP contribution in [0.3, 0.4) is 0 Å². The number of hydrogen-bond donors (Lipinski definition) is 1. The highest BCUT2D eigenvalue weighted by Crippen LogP contribution is 2.14. The van der Waals surface area contributed by atoms with E-state index in [0.717, 1.165) is 13.2 Å². The Morgan fingerprint density at radius 3 is 2.33 bits per heavy atom. The van der Waals surface area contributed by atoms with Crippen molar-refractivity contribution in [2.75, 3.05) is 19.7 Å². The first kappa shape index (κ1) is 16.0. The van der Waals surface area contributed by atoms with Crippen molar-refractivity contribution in [3.8, 4) is 0 Å². The van der Waals surface area contributed by atoms with Gasteiger partial charge in [0.05, 0.1) is 6.10 Å². The Hall–Kier alpha value is -0.0800. The van der Waals surface area contributed by atoms with E-state index in [2.05, 4.69) is 12.2 Å². The quantitative estimate of drug-likeness (QED) is 0.525. The van der Waals surface area contributed by atoms with Crippen molar-refractivity contribution in [2.45, 2.75) is 83.7 Å². The van der Waals surface area contributed by atoms with E-state index in [0.29, 0.717) is 6.10 Å². The molecule has 1 rings (SSSR count). The van der Waals surface area contributed by atoms with Gasteiger partial charge in [-0.25, -0.2) is 0 Å². The van der Waals surface area contributed by atoms with Crippen LogP contribution in [0.5, 0.6) is 0 Å². The van der Waals surface area contributed by atoms with Crippen LogP contribution in [0.1, 0.15) is 77.6 Å². The van der Waals surface area contributed by atoms with Crippen LogP contribution in [-0.4, -0.2) is 25.8 Å². The topological polar surface area (TPSA) is 21.3 Å². The molecule has 1 aliphatic rings. The summed E-state index contributed by atoms with van der Waals surface area (Å²) in [5.74, 6) is 0. The molecule has 0 amide bonds. The minimum Gasteiger partial charge on any atom is -0.378 e. The van der Waals surface area contributed by atoms with Crippen LogP contribution in [0.4, 0.5) is 0 Å². The third-order valence-corrected chi connectivity index (χ3v) is 3.87. The molecule has 0 bridgehead atoms. The van der Waals surface area contributed by atoms with Gasteiger partial charge in [-0.15, -0.1) is 0 Å². The fraction of sp³-hybridized carbons (Fsp3) is 1.00. The molecule has 0 aromatic heterocycles. The van der Waals surface area contributed by atoms with Crippen molar-refractivity contribution in [2.24, 2.45) is 0 Å². The minimum atomic E-state index is 0.552. The molecule has 108 valence electrons. The SMILES string of the molecule is CCCCCCCCCCNCCC1CCCO1. The lowest BCUT2D eigenvalue weighted by atomic mass is 10.1. The summed E-state index contributed by atoms with van der Waals surface area (Å²) in [6.07, 6.45) is 15.6. The maximum atomic E-state index is 5.60. The summed E-state index contributed by atoms with van der Waals surface area (Å²) >= 11 is 0. The first-order chi connectivity index (χ1) is 8.93. The number of rotatable bonds is 12. The maximum absolute atomic E-state index is 5.60. The van der Waals surface area contributed by atoms with Crippen LogP contribution in [0.15, 0.2) is 0 Å². The fourth-order valence-corrected chi connectivity index (χ4v) is 2.64. The number of ether oxygens (including phenoxy) is 1. The Balaban J connectivity index is 1.68. The Morgan fingerprint density at radius 2 is 1.67 bits per heavy atom. The van der Waals surface area contributed by atoms with E-state index in [1.807, 2.05) is 0 Å². The first-order valence-corrected chi connectivity index (χ1v) is 8.26. The van der Waals surface area contributed by atoms with E-state index < -0.39 is 0 Å². The molecule has 1 aliphatic heterocycles. The largest absolute Gasteiger partial charge is 0.378 e. The van der Waals surface area contributed by atoms with Crippen molar-refractivity contribution < 1.29 is 4.74 Å². The molecule has 18 heavy (non-hydrogen) atoms. The van der Waals surface area contributed by atoms with E-state index in [-0.39, 0.29) is 0 Å². The lowest BCUT2D eigenvalue weighted by molar-refractivity contribution is 0.104. The van der Waals surface area contributed by atoms with Crippen LogP contribution >= 0.6 is 0 Å². The molecule has 0 aromatic carbocycles. The number of unbranched alkanes of at least 4 members (excludes halogenated alkanes) is 7. The van der Waals surface area contributed by atoms with Gasteiger partial charge < -0.3 is 10.1 Å². The second-order valence-corrected chi connectivity index (χ2v) is 5.65.